The molecule has 6 nitrogen and oxygen atoms in total. The maximum absolute atomic E-state index is 10.6. The Morgan fingerprint density at radius 3 is 2.49 bits per heavy atom. The molecule has 3 saturated heterocycles. The summed E-state index contributed by atoms with van der Waals surface area (Å²) in [5.74, 6) is 2.79. The van der Waals surface area contributed by atoms with Crippen LogP contribution in [0, 0.1) is 45.3 Å². The van der Waals surface area contributed by atoms with Gasteiger partial charge in [-0.2, -0.15) is 0 Å². The fourth-order valence-electron chi connectivity index (χ4n) is 12.9. The average molecular weight is 602 g/mol. The highest BCUT2D eigenvalue weighted by atomic mass is 16.7. The molecule has 7 rings (SSSR count). The minimum absolute atomic E-state index is 0.106. The van der Waals surface area contributed by atoms with Gasteiger partial charge in [0.1, 0.15) is 0 Å². The summed E-state index contributed by atoms with van der Waals surface area (Å²) < 4.78 is 25.6. The molecule has 11 atom stereocenters. The summed E-state index contributed by atoms with van der Waals surface area (Å²) in [5, 5.41) is 10.6. The number of hydrogen-bond acceptors (Lipinski definition) is 6. The van der Waals surface area contributed by atoms with Gasteiger partial charge in [0.25, 0.3) is 0 Å². The van der Waals surface area contributed by atoms with Crippen LogP contribution >= 0.6 is 0 Å². The topological polar surface area (TPSA) is 60.4 Å². The molecule has 0 aromatic heterocycles. The van der Waals surface area contributed by atoms with E-state index in [1.807, 2.05) is 13.8 Å². The minimum atomic E-state index is -0.667. The van der Waals surface area contributed by atoms with E-state index in [4.69, 9.17) is 18.9 Å². The maximum atomic E-state index is 10.6. The van der Waals surface area contributed by atoms with Gasteiger partial charge in [-0.3, -0.25) is 4.90 Å². The third-order valence-electron chi connectivity index (χ3n) is 15.0. The SMILES string of the molecule is C[C@@H]1C[C@H](CC(C)(C)O)O[C@@H]2C[C@@]3(C)C4CCC5C(CCCC3(C)C12)(CCC(OC1CN(C2COC2)CCO1)C5(C)C)C4. The van der Waals surface area contributed by atoms with E-state index in [0.717, 1.165) is 57.6 Å². The van der Waals surface area contributed by atoms with Crippen molar-refractivity contribution < 1.29 is 24.1 Å². The lowest BCUT2D eigenvalue weighted by molar-refractivity contribution is -0.260. The molecular weight excluding hydrogens is 538 g/mol. The van der Waals surface area contributed by atoms with Crippen molar-refractivity contribution in [3.05, 3.63) is 0 Å². The number of fused-ring (bicyclic) bond motifs is 5. The Labute approximate surface area is 262 Å². The second kappa shape index (κ2) is 10.9. The molecule has 2 bridgehead atoms. The van der Waals surface area contributed by atoms with Crippen molar-refractivity contribution >= 4 is 0 Å². The summed E-state index contributed by atoms with van der Waals surface area (Å²) >= 11 is 0. The zero-order valence-electron chi connectivity index (χ0n) is 28.5. The van der Waals surface area contributed by atoms with E-state index >= 15 is 0 Å². The zero-order valence-corrected chi connectivity index (χ0v) is 28.5. The third-order valence-corrected chi connectivity index (χ3v) is 15.0. The summed E-state index contributed by atoms with van der Waals surface area (Å²) in [6.07, 6.45) is 14.4. The van der Waals surface area contributed by atoms with Crippen molar-refractivity contribution in [1.29, 1.82) is 0 Å². The van der Waals surface area contributed by atoms with E-state index in [9.17, 15) is 5.11 Å². The van der Waals surface area contributed by atoms with E-state index in [1.165, 1.54) is 57.8 Å². The lowest BCUT2D eigenvalue weighted by atomic mass is 9.42. The monoisotopic (exact) mass is 601 g/mol. The summed E-state index contributed by atoms with van der Waals surface area (Å²) in [6, 6.07) is 0.551. The van der Waals surface area contributed by atoms with Gasteiger partial charge in [0.05, 0.1) is 56.3 Å². The lowest BCUT2D eigenvalue weighted by Gasteiger charge is -2.64. The number of nitrogens with zero attached hydrogens (tertiary/aromatic N) is 1. The fraction of sp³-hybridized carbons (Fsp3) is 1.00. The van der Waals surface area contributed by atoms with Gasteiger partial charge in [0, 0.05) is 13.0 Å². The van der Waals surface area contributed by atoms with Crippen molar-refractivity contribution in [3.8, 4) is 0 Å². The number of aliphatic hydroxyl groups is 1. The molecule has 6 heteroatoms. The normalized spacial score (nSPS) is 50.5. The van der Waals surface area contributed by atoms with Crippen LogP contribution in [0.1, 0.15) is 119 Å². The standard InChI is InChI=1S/C37H63NO5/c1-24-17-27(19-33(2,3)39)42-28-20-36(7)25-9-10-29-34(4,5)30(43-31-21-38(15-16-41-31)26-22-40-23-26)11-14-37(29,18-25)13-8-12-35(36,6)32(24)28/h24-32,39H,8-23H2,1-7H3/t24-,25?,27-,28-,29?,30?,31?,32?,35?,36+,37?/m1/s1. The minimum Gasteiger partial charge on any atom is -0.390 e. The lowest BCUT2D eigenvalue weighted by Crippen LogP contribution is -2.60. The first-order valence-corrected chi connectivity index (χ1v) is 18.2. The largest absolute Gasteiger partial charge is 0.390 e. The molecule has 7 fully saturated rings. The van der Waals surface area contributed by atoms with E-state index < -0.39 is 5.60 Å². The molecule has 3 heterocycles. The quantitative estimate of drug-likeness (QED) is 0.373. The summed E-state index contributed by atoms with van der Waals surface area (Å²) in [4.78, 5) is 2.53. The Hall–Kier alpha value is -0.240. The number of morpholine rings is 1. The summed E-state index contributed by atoms with van der Waals surface area (Å²) in [6.45, 7) is 21.2. The van der Waals surface area contributed by atoms with Crippen LogP contribution < -0.4 is 0 Å². The third kappa shape index (κ3) is 5.19. The molecule has 0 aromatic rings. The first-order valence-electron chi connectivity index (χ1n) is 18.2. The molecule has 246 valence electrons. The zero-order chi connectivity index (χ0) is 30.4. The van der Waals surface area contributed by atoms with Crippen LogP contribution in [0.25, 0.3) is 0 Å². The highest BCUT2D eigenvalue weighted by molar-refractivity contribution is 5.16. The van der Waals surface area contributed by atoms with Gasteiger partial charge >= 0.3 is 0 Å². The van der Waals surface area contributed by atoms with E-state index in [2.05, 4.69) is 39.5 Å². The first-order chi connectivity index (χ1) is 20.2. The van der Waals surface area contributed by atoms with Gasteiger partial charge in [-0.25, -0.2) is 0 Å². The summed E-state index contributed by atoms with van der Waals surface area (Å²) in [5.41, 5.74) is 0.591. The predicted octanol–water partition coefficient (Wildman–Crippen LogP) is 6.82. The van der Waals surface area contributed by atoms with Crippen molar-refractivity contribution in [2.75, 3.05) is 32.9 Å². The van der Waals surface area contributed by atoms with E-state index in [1.54, 1.807) is 0 Å². The van der Waals surface area contributed by atoms with Crippen molar-refractivity contribution in [3.63, 3.8) is 0 Å². The van der Waals surface area contributed by atoms with E-state index in [-0.39, 0.29) is 23.9 Å². The van der Waals surface area contributed by atoms with Crippen LogP contribution in [0.15, 0.2) is 0 Å². The molecule has 43 heavy (non-hydrogen) atoms. The predicted molar refractivity (Wildman–Crippen MR) is 169 cm³/mol. The highest BCUT2D eigenvalue weighted by Crippen LogP contribution is 2.73. The number of rotatable bonds is 5. The Morgan fingerprint density at radius 1 is 0.977 bits per heavy atom. The van der Waals surface area contributed by atoms with Crippen LogP contribution in [0.2, 0.25) is 0 Å². The molecule has 7 unspecified atom stereocenters. The molecule has 0 aromatic carbocycles. The molecular formula is C37H63NO5. The average Bonchev–Trinajstić information content (AvgIpc) is 3.10. The molecule has 7 aliphatic rings. The molecule has 3 aliphatic heterocycles. The van der Waals surface area contributed by atoms with Crippen LogP contribution in [0.4, 0.5) is 0 Å². The fourth-order valence-corrected chi connectivity index (χ4v) is 12.9. The van der Waals surface area contributed by atoms with Gasteiger partial charge in [0.2, 0.25) is 0 Å². The Bertz CT molecular complexity index is 1020. The van der Waals surface area contributed by atoms with Crippen molar-refractivity contribution in [2.24, 2.45) is 45.3 Å². The van der Waals surface area contributed by atoms with Gasteiger partial charge in [0.15, 0.2) is 6.29 Å². The molecule has 4 saturated carbocycles. The summed E-state index contributed by atoms with van der Waals surface area (Å²) in [7, 11) is 0. The Morgan fingerprint density at radius 2 is 1.77 bits per heavy atom. The van der Waals surface area contributed by atoms with E-state index in [0.29, 0.717) is 40.2 Å². The van der Waals surface area contributed by atoms with Crippen LogP contribution in [0.5, 0.6) is 0 Å². The molecule has 0 radical (unpaired) electrons. The second-order valence-electron chi connectivity index (χ2n) is 18.3. The Kier molecular flexibility index (Phi) is 7.95. The highest BCUT2D eigenvalue weighted by Gasteiger charge is 2.67. The van der Waals surface area contributed by atoms with Crippen LogP contribution in [-0.4, -0.2) is 79.2 Å². The van der Waals surface area contributed by atoms with Gasteiger partial charge < -0.3 is 24.1 Å². The second-order valence-corrected chi connectivity index (χ2v) is 18.3. The first kappa shape index (κ1) is 31.4. The van der Waals surface area contributed by atoms with Gasteiger partial charge in [-0.1, -0.05) is 41.0 Å². The van der Waals surface area contributed by atoms with Crippen molar-refractivity contribution in [1.82, 2.24) is 4.90 Å². The molecule has 1 spiro atoms. The molecule has 0 amide bonds. The molecule has 4 aliphatic carbocycles. The van der Waals surface area contributed by atoms with Crippen molar-refractivity contribution in [2.45, 2.75) is 155 Å². The Balaban J connectivity index is 1.08. The number of hydrogen-bond donors (Lipinski definition) is 1. The smallest absolute Gasteiger partial charge is 0.170 e. The van der Waals surface area contributed by atoms with Gasteiger partial charge in [-0.05, 0) is 117 Å². The number of ether oxygens (including phenoxy) is 4. The van der Waals surface area contributed by atoms with Crippen LogP contribution in [0.3, 0.4) is 0 Å². The maximum Gasteiger partial charge on any atom is 0.170 e. The van der Waals surface area contributed by atoms with Gasteiger partial charge in [-0.15, -0.1) is 0 Å². The molecule has 1 N–H and O–H groups in total. The van der Waals surface area contributed by atoms with Crippen LogP contribution in [-0.2, 0) is 18.9 Å².